The lowest BCUT2D eigenvalue weighted by Crippen LogP contribution is -2.37. The smallest absolute Gasteiger partial charge is 0.127 e. The molecule has 1 saturated heterocycles. The summed E-state index contributed by atoms with van der Waals surface area (Å²) in [7, 11) is 0. The molecule has 19 heavy (non-hydrogen) atoms. The van der Waals surface area contributed by atoms with Gasteiger partial charge >= 0.3 is 0 Å². The van der Waals surface area contributed by atoms with Gasteiger partial charge in [0.2, 0.25) is 0 Å². The van der Waals surface area contributed by atoms with Crippen molar-refractivity contribution in [3.8, 4) is 0 Å². The Hall–Kier alpha value is -0.640. The molecule has 0 amide bonds. The lowest BCUT2D eigenvalue weighted by Gasteiger charge is -2.25. The molecule has 1 aliphatic heterocycles. The summed E-state index contributed by atoms with van der Waals surface area (Å²) in [6.45, 7) is 5.88. The predicted molar refractivity (Wildman–Crippen MR) is 78.0 cm³/mol. The minimum absolute atomic E-state index is 0.162. The molecular formula is C15H22ClFN2. The first-order chi connectivity index (χ1) is 9.19. The van der Waals surface area contributed by atoms with E-state index in [1.807, 2.05) is 0 Å². The van der Waals surface area contributed by atoms with Crippen LogP contribution in [0.2, 0.25) is 5.02 Å². The second kappa shape index (κ2) is 7.22. The van der Waals surface area contributed by atoms with Crippen LogP contribution in [0.25, 0.3) is 0 Å². The average Bonchev–Trinajstić information content (AvgIpc) is 2.87. The number of hydrogen-bond donors (Lipinski definition) is 1. The molecule has 2 nitrogen and oxygen atoms in total. The van der Waals surface area contributed by atoms with Gasteiger partial charge in [-0.25, -0.2) is 4.39 Å². The summed E-state index contributed by atoms with van der Waals surface area (Å²) in [5.74, 6) is -0.162. The Bertz CT molecular complexity index is 405. The van der Waals surface area contributed by atoms with E-state index < -0.39 is 0 Å². The lowest BCUT2D eigenvalue weighted by atomic mass is 10.1. The van der Waals surface area contributed by atoms with Crippen molar-refractivity contribution in [3.63, 3.8) is 0 Å². The number of halogens is 2. The number of rotatable bonds is 6. The maximum Gasteiger partial charge on any atom is 0.127 e. The molecule has 1 heterocycles. The molecule has 1 aromatic rings. The summed E-state index contributed by atoms with van der Waals surface area (Å²) in [4.78, 5) is 2.32. The normalized spacial score (nSPS) is 19.3. The van der Waals surface area contributed by atoms with Gasteiger partial charge in [-0.05, 0) is 50.6 Å². The van der Waals surface area contributed by atoms with Gasteiger partial charge in [0.05, 0.1) is 0 Å². The fourth-order valence-electron chi connectivity index (χ4n) is 2.68. The zero-order valence-corrected chi connectivity index (χ0v) is 12.2. The summed E-state index contributed by atoms with van der Waals surface area (Å²) >= 11 is 5.95. The quantitative estimate of drug-likeness (QED) is 0.861. The Kier molecular flexibility index (Phi) is 5.61. The van der Waals surface area contributed by atoms with E-state index in [-0.39, 0.29) is 5.82 Å². The highest BCUT2D eigenvalue weighted by Gasteiger charge is 2.18. The monoisotopic (exact) mass is 284 g/mol. The van der Waals surface area contributed by atoms with Crippen LogP contribution in [0.3, 0.4) is 0 Å². The Morgan fingerprint density at radius 3 is 3.00 bits per heavy atom. The Balaban J connectivity index is 2.00. The van der Waals surface area contributed by atoms with Crippen LogP contribution in [0.1, 0.15) is 31.7 Å². The SMILES string of the molecule is CCCN(Cc1cc(Cl)ccc1F)CC1CCCN1. The van der Waals surface area contributed by atoms with Gasteiger partial charge in [-0.15, -0.1) is 0 Å². The first kappa shape index (κ1) is 14.8. The number of nitrogens with one attached hydrogen (secondary N) is 1. The summed E-state index contributed by atoms with van der Waals surface area (Å²) in [5, 5.41) is 4.10. The molecule has 1 unspecified atom stereocenters. The van der Waals surface area contributed by atoms with Gasteiger partial charge < -0.3 is 5.32 Å². The number of hydrogen-bond acceptors (Lipinski definition) is 2. The zero-order chi connectivity index (χ0) is 13.7. The third kappa shape index (κ3) is 4.44. The topological polar surface area (TPSA) is 15.3 Å². The van der Waals surface area contributed by atoms with Crippen LogP contribution in [0, 0.1) is 5.82 Å². The molecule has 0 spiro atoms. The van der Waals surface area contributed by atoms with E-state index >= 15 is 0 Å². The highest BCUT2D eigenvalue weighted by molar-refractivity contribution is 6.30. The molecule has 1 aromatic carbocycles. The molecule has 0 aromatic heterocycles. The van der Waals surface area contributed by atoms with E-state index in [1.165, 1.54) is 18.9 Å². The van der Waals surface area contributed by atoms with Crippen LogP contribution >= 0.6 is 11.6 Å². The lowest BCUT2D eigenvalue weighted by molar-refractivity contribution is 0.238. The van der Waals surface area contributed by atoms with E-state index in [0.29, 0.717) is 23.2 Å². The largest absolute Gasteiger partial charge is 0.313 e. The van der Waals surface area contributed by atoms with Crippen molar-refractivity contribution in [2.75, 3.05) is 19.6 Å². The molecule has 4 heteroatoms. The van der Waals surface area contributed by atoms with Crippen LogP contribution < -0.4 is 5.32 Å². The Morgan fingerprint density at radius 2 is 2.32 bits per heavy atom. The van der Waals surface area contributed by atoms with Crippen molar-refractivity contribution >= 4 is 11.6 Å². The maximum atomic E-state index is 13.8. The van der Waals surface area contributed by atoms with Crippen LogP contribution in [-0.4, -0.2) is 30.6 Å². The van der Waals surface area contributed by atoms with Crippen molar-refractivity contribution in [2.24, 2.45) is 0 Å². The summed E-state index contributed by atoms with van der Waals surface area (Å²) < 4.78 is 13.8. The first-order valence-corrected chi connectivity index (χ1v) is 7.46. The van der Waals surface area contributed by atoms with E-state index in [2.05, 4.69) is 17.1 Å². The molecule has 0 bridgehead atoms. The molecular weight excluding hydrogens is 263 g/mol. The third-order valence-electron chi connectivity index (χ3n) is 3.58. The van der Waals surface area contributed by atoms with Gasteiger partial charge in [-0.1, -0.05) is 18.5 Å². The van der Waals surface area contributed by atoms with Gasteiger partial charge in [-0.3, -0.25) is 4.90 Å². The molecule has 0 aliphatic carbocycles. The van der Waals surface area contributed by atoms with Crippen molar-refractivity contribution < 1.29 is 4.39 Å². The molecule has 0 radical (unpaired) electrons. The van der Waals surface area contributed by atoms with E-state index in [1.54, 1.807) is 12.1 Å². The van der Waals surface area contributed by atoms with Crippen LogP contribution in [-0.2, 0) is 6.54 Å². The van der Waals surface area contributed by atoms with Crippen molar-refractivity contribution in [1.82, 2.24) is 10.2 Å². The second-order valence-corrected chi connectivity index (χ2v) is 5.70. The first-order valence-electron chi connectivity index (χ1n) is 7.08. The molecule has 0 saturated carbocycles. The average molecular weight is 285 g/mol. The van der Waals surface area contributed by atoms with Crippen LogP contribution in [0.4, 0.5) is 4.39 Å². The number of nitrogens with zero attached hydrogens (tertiary/aromatic N) is 1. The maximum absolute atomic E-state index is 13.8. The van der Waals surface area contributed by atoms with Gasteiger partial charge in [-0.2, -0.15) is 0 Å². The number of benzene rings is 1. The summed E-state index contributed by atoms with van der Waals surface area (Å²) in [6, 6.07) is 5.34. The second-order valence-electron chi connectivity index (χ2n) is 5.26. The van der Waals surface area contributed by atoms with Crippen molar-refractivity contribution in [3.05, 3.63) is 34.6 Å². The summed E-state index contributed by atoms with van der Waals surface area (Å²) in [5.41, 5.74) is 0.693. The Morgan fingerprint density at radius 1 is 1.47 bits per heavy atom. The zero-order valence-electron chi connectivity index (χ0n) is 11.5. The highest BCUT2D eigenvalue weighted by Crippen LogP contribution is 2.18. The van der Waals surface area contributed by atoms with Crippen LogP contribution in [0.5, 0.6) is 0 Å². The summed E-state index contributed by atoms with van der Waals surface area (Å²) in [6.07, 6.45) is 3.54. The van der Waals surface area contributed by atoms with Gasteiger partial charge in [0, 0.05) is 29.7 Å². The third-order valence-corrected chi connectivity index (χ3v) is 3.82. The van der Waals surface area contributed by atoms with Gasteiger partial charge in [0.15, 0.2) is 0 Å². The molecule has 2 rings (SSSR count). The van der Waals surface area contributed by atoms with E-state index in [4.69, 9.17) is 11.6 Å². The van der Waals surface area contributed by atoms with Crippen LogP contribution in [0.15, 0.2) is 18.2 Å². The van der Waals surface area contributed by atoms with E-state index in [0.717, 1.165) is 26.1 Å². The van der Waals surface area contributed by atoms with Gasteiger partial charge in [0.1, 0.15) is 5.82 Å². The molecule has 1 atom stereocenters. The molecule has 1 aliphatic rings. The predicted octanol–water partition coefficient (Wildman–Crippen LogP) is 3.44. The molecule has 106 valence electrons. The van der Waals surface area contributed by atoms with E-state index in [9.17, 15) is 4.39 Å². The van der Waals surface area contributed by atoms with Crippen molar-refractivity contribution in [1.29, 1.82) is 0 Å². The van der Waals surface area contributed by atoms with Gasteiger partial charge in [0.25, 0.3) is 0 Å². The van der Waals surface area contributed by atoms with Crippen molar-refractivity contribution in [2.45, 2.75) is 38.8 Å². The molecule has 1 fully saturated rings. The highest BCUT2D eigenvalue weighted by atomic mass is 35.5. The fourth-order valence-corrected chi connectivity index (χ4v) is 2.88. The standard InChI is InChI=1S/C15H22ClFN2/c1-2-8-19(11-14-4-3-7-18-14)10-12-9-13(16)5-6-15(12)17/h5-6,9,14,18H,2-4,7-8,10-11H2,1H3. The minimum atomic E-state index is -0.162. The minimum Gasteiger partial charge on any atom is -0.313 e. The fraction of sp³-hybridized carbons (Fsp3) is 0.600. The Labute approximate surface area is 119 Å². The molecule has 1 N–H and O–H groups in total.